The van der Waals surface area contributed by atoms with Crippen molar-refractivity contribution in [3.63, 3.8) is 0 Å². The Morgan fingerprint density at radius 1 is 1.03 bits per heavy atom. The van der Waals surface area contributed by atoms with Crippen molar-refractivity contribution in [2.45, 2.75) is 25.7 Å². The molecule has 3 amide bonds. The van der Waals surface area contributed by atoms with Crippen LogP contribution in [0.5, 0.6) is 5.75 Å². The van der Waals surface area contributed by atoms with Crippen LogP contribution in [0.2, 0.25) is 0 Å². The second-order valence-corrected chi connectivity index (χ2v) is 8.38. The van der Waals surface area contributed by atoms with Crippen molar-refractivity contribution in [3.8, 4) is 17.0 Å². The Hall–Kier alpha value is -3.12. The van der Waals surface area contributed by atoms with Gasteiger partial charge in [0, 0.05) is 41.7 Å². The van der Waals surface area contributed by atoms with Gasteiger partial charge < -0.3 is 21.1 Å². The van der Waals surface area contributed by atoms with Crippen molar-refractivity contribution in [3.05, 3.63) is 60.0 Å². The zero-order valence-corrected chi connectivity index (χ0v) is 20.6. The van der Waals surface area contributed by atoms with Crippen molar-refractivity contribution in [1.29, 1.82) is 0 Å². The van der Waals surface area contributed by atoms with Crippen LogP contribution in [-0.2, 0) is 4.79 Å². The van der Waals surface area contributed by atoms with E-state index in [1.54, 1.807) is 31.4 Å². The predicted molar refractivity (Wildman–Crippen MR) is 141 cm³/mol. The molecule has 0 aliphatic carbocycles. The summed E-state index contributed by atoms with van der Waals surface area (Å²) in [6.45, 7) is 0.871. The molecule has 0 bridgehead atoms. The number of carbonyl (C=O) groups excluding carboxylic acids is 2. The molecule has 3 aromatic rings. The first-order valence-electron chi connectivity index (χ1n) is 10.6. The van der Waals surface area contributed by atoms with E-state index in [2.05, 4.69) is 20.3 Å². The van der Waals surface area contributed by atoms with Gasteiger partial charge in [-0.3, -0.25) is 14.7 Å². The molecule has 0 saturated carbocycles. The largest absolute Gasteiger partial charge is 0.497 e. The number of amides is 3. The number of carbonyl (C=O) groups is 2. The van der Waals surface area contributed by atoms with E-state index < -0.39 is 6.03 Å². The molecule has 1 heterocycles. The van der Waals surface area contributed by atoms with Crippen LogP contribution in [0.4, 0.5) is 15.6 Å². The Bertz CT molecular complexity index is 999. The number of nitrogens with zero attached hydrogens (tertiary/aromatic N) is 1. The van der Waals surface area contributed by atoms with Crippen molar-refractivity contribution in [2.24, 2.45) is 10.9 Å². The number of nitrogens with one attached hydrogen (secondary N) is 3. The van der Waals surface area contributed by atoms with Gasteiger partial charge in [-0.05, 0) is 37.1 Å². The molecule has 0 radical (unpaired) electrons. The van der Waals surface area contributed by atoms with E-state index in [1.807, 2.05) is 35.7 Å². The van der Waals surface area contributed by atoms with Crippen LogP contribution in [0, 0.1) is 0 Å². The first-order valence-corrected chi connectivity index (χ1v) is 12.4. The maximum Gasteiger partial charge on any atom is 0.316 e. The summed E-state index contributed by atoms with van der Waals surface area (Å²) in [6, 6.07) is 16.3. The first kappa shape index (κ1) is 27.1. The number of anilines is 2. The van der Waals surface area contributed by atoms with E-state index in [0.29, 0.717) is 17.2 Å². The molecule has 0 fully saturated rings. The Kier molecular flexibility index (Phi) is 12.5. The third-order valence-electron chi connectivity index (χ3n) is 4.44. The summed E-state index contributed by atoms with van der Waals surface area (Å²) in [4.78, 5) is 26.7. The monoisotopic (exact) mass is 502 g/mol. The van der Waals surface area contributed by atoms with Gasteiger partial charge in [-0.2, -0.15) is 0 Å². The van der Waals surface area contributed by atoms with Crippen LogP contribution in [-0.4, -0.2) is 30.6 Å². The minimum atomic E-state index is -0.569. The molecule has 34 heavy (non-hydrogen) atoms. The molecule has 0 atom stereocenters. The minimum absolute atomic E-state index is 0.0233. The molecule has 0 spiro atoms. The number of ether oxygens (including phenoxy) is 1. The lowest BCUT2D eigenvalue weighted by Gasteiger charge is -2.02. The Labute approximate surface area is 207 Å². The summed E-state index contributed by atoms with van der Waals surface area (Å²) in [5, 5.41) is 13.2. The predicted octanol–water partition coefficient (Wildman–Crippen LogP) is 4.61. The van der Waals surface area contributed by atoms with Gasteiger partial charge in [0.15, 0.2) is 5.13 Å². The number of urea groups is 1. The highest BCUT2D eigenvalue weighted by Crippen LogP contribution is 2.24. The topological polar surface area (TPSA) is 144 Å². The summed E-state index contributed by atoms with van der Waals surface area (Å²) in [6.07, 6.45) is 3.43. The van der Waals surface area contributed by atoms with Crippen LogP contribution >= 0.6 is 23.5 Å². The zero-order chi connectivity index (χ0) is 24.6. The van der Waals surface area contributed by atoms with E-state index in [1.165, 1.54) is 11.3 Å². The molecule has 182 valence electrons. The lowest BCUT2D eigenvalue weighted by molar-refractivity contribution is -0.116. The summed E-state index contributed by atoms with van der Waals surface area (Å²) in [5.41, 5.74) is 7.52. The first-order chi connectivity index (χ1) is 16.5. The van der Waals surface area contributed by atoms with E-state index >= 15 is 0 Å². The highest BCUT2D eigenvalue weighted by Gasteiger charge is 2.07. The lowest BCUT2D eigenvalue weighted by atomic mass is 10.2. The van der Waals surface area contributed by atoms with Crippen LogP contribution in [0.3, 0.4) is 0 Å². The SMILES string of the molecule is COc1ccc(NC(N)=O)cc1.NSNCCCCCC(=O)Nc1nc(-c2ccccc2)cs1. The second-order valence-electron chi connectivity index (χ2n) is 6.99. The van der Waals surface area contributed by atoms with Crippen molar-refractivity contribution in [1.82, 2.24) is 9.71 Å². The summed E-state index contributed by atoms with van der Waals surface area (Å²) in [5.74, 6) is 0.764. The standard InChI is InChI=1S/C15H20N4OS2.C8H10N2O2/c16-22-17-10-6-2-5-9-14(20)19-15-18-13(11-21-15)12-7-3-1-4-8-12;1-12-7-4-2-6(3-5-7)10-8(9)11/h1,3-4,7-8,11,17H,2,5-6,9-10,16H2,(H,18,19,20);2-5H,1H3,(H3,9,10,11). The number of aromatic nitrogens is 1. The third kappa shape index (κ3) is 10.7. The smallest absolute Gasteiger partial charge is 0.316 e. The molecule has 7 N–H and O–H groups in total. The Morgan fingerprint density at radius 3 is 2.41 bits per heavy atom. The minimum Gasteiger partial charge on any atom is -0.497 e. The third-order valence-corrected chi connectivity index (χ3v) is 5.57. The van der Waals surface area contributed by atoms with Crippen molar-refractivity contribution < 1.29 is 14.3 Å². The molecule has 1 aromatic heterocycles. The average Bonchev–Trinajstić information content (AvgIpc) is 3.31. The van der Waals surface area contributed by atoms with Crippen LogP contribution < -0.4 is 31.0 Å². The molecule has 11 heteroatoms. The maximum atomic E-state index is 11.9. The molecule has 3 rings (SSSR count). The van der Waals surface area contributed by atoms with Gasteiger partial charge in [-0.15, -0.1) is 11.3 Å². The van der Waals surface area contributed by atoms with Gasteiger partial charge in [0.2, 0.25) is 5.91 Å². The number of primary amides is 1. The molecule has 0 saturated heterocycles. The van der Waals surface area contributed by atoms with E-state index in [4.69, 9.17) is 15.6 Å². The van der Waals surface area contributed by atoms with Gasteiger partial charge in [0.1, 0.15) is 5.75 Å². The van der Waals surface area contributed by atoms with Crippen LogP contribution in [0.25, 0.3) is 11.3 Å². The number of benzene rings is 2. The Balaban J connectivity index is 0.000000287. The second kappa shape index (κ2) is 15.7. The maximum absolute atomic E-state index is 11.9. The van der Waals surface area contributed by atoms with Crippen molar-refractivity contribution >= 4 is 46.2 Å². The number of methoxy groups -OCH3 is 1. The fourth-order valence-corrected chi connectivity index (χ4v) is 3.79. The van der Waals surface area contributed by atoms with Crippen molar-refractivity contribution in [2.75, 3.05) is 24.3 Å². The molecular weight excluding hydrogens is 472 g/mol. The number of thiazole rings is 1. The normalized spacial score (nSPS) is 10.1. The number of rotatable bonds is 11. The number of hydrogen-bond acceptors (Lipinski definition) is 8. The number of unbranched alkanes of at least 4 members (excludes halogenated alkanes) is 2. The molecule has 2 aromatic carbocycles. The zero-order valence-electron chi connectivity index (χ0n) is 19.0. The summed E-state index contributed by atoms with van der Waals surface area (Å²) < 4.78 is 7.91. The average molecular weight is 503 g/mol. The molecule has 0 unspecified atom stereocenters. The van der Waals surface area contributed by atoms with E-state index in [9.17, 15) is 9.59 Å². The Morgan fingerprint density at radius 2 is 1.76 bits per heavy atom. The highest BCUT2D eigenvalue weighted by molar-refractivity contribution is 7.95. The summed E-state index contributed by atoms with van der Waals surface area (Å²) >= 11 is 2.59. The van der Waals surface area contributed by atoms with Gasteiger partial charge in [0.05, 0.1) is 12.8 Å². The molecule has 9 nitrogen and oxygen atoms in total. The lowest BCUT2D eigenvalue weighted by Crippen LogP contribution is -2.19. The quantitative estimate of drug-likeness (QED) is 0.190. The molecule has 0 aliphatic heterocycles. The number of hydrogen-bond donors (Lipinski definition) is 5. The highest BCUT2D eigenvalue weighted by atomic mass is 32.2. The molecule has 0 aliphatic rings. The van der Waals surface area contributed by atoms with Gasteiger partial charge in [-0.1, -0.05) is 36.8 Å². The fraction of sp³-hybridized carbons (Fsp3) is 0.261. The number of nitrogens with two attached hydrogens (primary N) is 2. The van der Waals surface area contributed by atoms with Gasteiger partial charge in [0.25, 0.3) is 0 Å². The molecular formula is C23H30N6O3S2. The fourth-order valence-electron chi connectivity index (χ4n) is 2.79. The summed E-state index contributed by atoms with van der Waals surface area (Å²) in [7, 11) is 1.58. The van der Waals surface area contributed by atoms with Gasteiger partial charge >= 0.3 is 6.03 Å². The van der Waals surface area contributed by atoms with E-state index in [0.717, 1.165) is 54.9 Å². The van der Waals surface area contributed by atoms with Crippen LogP contribution in [0.1, 0.15) is 25.7 Å². The van der Waals surface area contributed by atoms with Gasteiger partial charge in [-0.25, -0.2) is 9.78 Å². The van der Waals surface area contributed by atoms with E-state index in [-0.39, 0.29) is 5.91 Å². The van der Waals surface area contributed by atoms with Crippen LogP contribution in [0.15, 0.2) is 60.0 Å².